The summed E-state index contributed by atoms with van der Waals surface area (Å²) < 4.78 is 11.7. The first-order chi connectivity index (χ1) is 16.1. The number of aromatic hydroxyl groups is 1. The number of carbonyl (C=O) groups excluding carboxylic acids is 1. The van der Waals surface area contributed by atoms with Crippen LogP contribution in [0.3, 0.4) is 0 Å². The Kier molecular flexibility index (Phi) is 6.22. The average molecular weight is 450 g/mol. The highest BCUT2D eigenvalue weighted by molar-refractivity contribution is 5.69. The molecule has 1 saturated heterocycles. The first-order valence-corrected chi connectivity index (χ1v) is 12.6. The Morgan fingerprint density at radius 1 is 1.18 bits per heavy atom. The van der Waals surface area contributed by atoms with Gasteiger partial charge in [-0.05, 0) is 66.8 Å². The number of carbonyl (C=O) groups is 1. The summed E-state index contributed by atoms with van der Waals surface area (Å²) in [5, 5.41) is 10.7. The Morgan fingerprint density at radius 3 is 2.85 bits per heavy atom. The molecule has 1 heterocycles. The van der Waals surface area contributed by atoms with Crippen LogP contribution in [0.1, 0.15) is 68.6 Å². The van der Waals surface area contributed by atoms with Gasteiger partial charge < -0.3 is 19.5 Å². The van der Waals surface area contributed by atoms with E-state index in [4.69, 9.17) is 9.47 Å². The molecule has 1 amide bonds. The molecule has 2 aromatic carbocycles. The third-order valence-electron chi connectivity index (χ3n) is 8.11. The maximum Gasteiger partial charge on any atom is 0.410 e. The number of phenols is 1. The minimum atomic E-state index is -0.213. The second-order valence-corrected chi connectivity index (χ2v) is 9.94. The molecule has 5 heteroatoms. The summed E-state index contributed by atoms with van der Waals surface area (Å²) in [6.45, 7) is 3.79. The van der Waals surface area contributed by atoms with Crippen molar-refractivity contribution < 1.29 is 19.4 Å². The smallest absolute Gasteiger partial charge is 0.410 e. The highest BCUT2D eigenvalue weighted by Crippen LogP contribution is 2.57. The van der Waals surface area contributed by atoms with Crippen molar-refractivity contribution in [3.05, 3.63) is 59.2 Å². The average Bonchev–Trinajstić information content (AvgIpc) is 2.84. The molecule has 33 heavy (non-hydrogen) atoms. The number of fused-ring (bicyclic) bond motifs is 1. The van der Waals surface area contributed by atoms with E-state index in [1.54, 1.807) is 0 Å². The summed E-state index contributed by atoms with van der Waals surface area (Å²) in [5.41, 5.74) is 3.59. The first kappa shape index (κ1) is 22.1. The SMILES string of the molecule is CCCCOc1cc2c(cc1O)C[C@H]1[C@H]3CCCC[C@@]23CCN1C(=O)OCc1ccccc1. The molecule has 2 fully saturated rings. The highest BCUT2D eigenvalue weighted by atomic mass is 16.6. The van der Waals surface area contributed by atoms with Gasteiger partial charge in [-0.2, -0.15) is 0 Å². The van der Waals surface area contributed by atoms with E-state index < -0.39 is 0 Å². The van der Waals surface area contributed by atoms with Gasteiger partial charge in [0.25, 0.3) is 0 Å². The number of rotatable bonds is 6. The molecule has 2 aromatic rings. The maximum absolute atomic E-state index is 13.2. The molecule has 0 unspecified atom stereocenters. The summed E-state index contributed by atoms with van der Waals surface area (Å²) >= 11 is 0. The van der Waals surface area contributed by atoms with Gasteiger partial charge in [-0.1, -0.05) is 56.5 Å². The van der Waals surface area contributed by atoms with Gasteiger partial charge in [0, 0.05) is 18.0 Å². The first-order valence-electron chi connectivity index (χ1n) is 12.6. The van der Waals surface area contributed by atoms with Crippen LogP contribution in [0.5, 0.6) is 11.5 Å². The Bertz CT molecular complexity index is 991. The van der Waals surface area contributed by atoms with E-state index >= 15 is 0 Å². The van der Waals surface area contributed by atoms with E-state index in [0.29, 0.717) is 24.9 Å². The Labute approximate surface area is 196 Å². The molecule has 5 nitrogen and oxygen atoms in total. The molecular formula is C28H35NO4. The van der Waals surface area contributed by atoms with Crippen LogP contribution in [0.25, 0.3) is 0 Å². The molecule has 5 rings (SSSR count). The molecule has 3 aliphatic rings. The summed E-state index contributed by atoms with van der Waals surface area (Å²) in [4.78, 5) is 15.1. The van der Waals surface area contributed by atoms with Crippen LogP contribution >= 0.6 is 0 Å². The van der Waals surface area contributed by atoms with E-state index in [9.17, 15) is 9.90 Å². The van der Waals surface area contributed by atoms with Gasteiger partial charge in [-0.15, -0.1) is 0 Å². The standard InChI is InChI=1S/C28H35NO4/c1-2-3-15-32-26-18-23-21(17-25(26)30)16-24-22-11-7-8-12-28(22,23)13-14-29(24)27(31)33-19-20-9-5-4-6-10-20/h4-6,9-10,17-18,22,24,30H,2-3,7-8,11-16,19H2,1H3/t22-,24+,28+/m1/s1. The number of phenolic OH excluding ortho intramolecular Hbond substituents is 1. The number of amides is 1. The predicted octanol–water partition coefficient (Wildman–Crippen LogP) is 5.97. The molecule has 0 radical (unpaired) electrons. The van der Waals surface area contributed by atoms with Gasteiger partial charge in [0.05, 0.1) is 6.61 Å². The van der Waals surface area contributed by atoms with Crippen molar-refractivity contribution in [2.24, 2.45) is 5.92 Å². The highest BCUT2D eigenvalue weighted by Gasteiger charge is 2.55. The predicted molar refractivity (Wildman–Crippen MR) is 128 cm³/mol. The van der Waals surface area contributed by atoms with Crippen LogP contribution in [0.15, 0.2) is 42.5 Å². The van der Waals surface area contributed by atoms with Crippen molar-refractivity contribution in [2.45, 2.75) is 76.4 Å². The molecule has 1 N–H and O–H groups in total. The fourth-order valence-corrected chi connectivity index (χ4v) is 6.50. The maximum atomic E-state index is 13.2. The summed E-state index contributed by atoms with van der Waals surface area (Å²) in [5.74, 6) is 1.26. The summed E-state index contributed by atoms with van der Waals surface area (Å²) in [7, 11) is 0. The van der Waals surface area contributed by atoms with Gasteiger partial charge in [0.1, 0.15) is 6.61 Å². The van der Waals surface area contributed by atoms with Crippen LogP contribution in [-0.2, 0) is 23.2 Å². The Morgan fingerprint density at radius 2 is 2.03 bits per heavy atom. The Hall–Kier alpha value is -2.69. The van der Waals surface area contributed by atoms with Crippen LogP contribution in [0.4, 0.5) is 4.79 Å². The molecule has 176 valence electrons. The van der Waals surface area contributed by atoms with Crippen molar-refractivity contribution in [1.82, 2.24) is 4.90 Å². The van der Waals surface area contributed by atoms with Crippen LogP contribution < -0.4 is 4.74 Å². The summed E-state index contributed by atoms with van der Waals surface area (Å²) in [6, 6.07) is 14.0. The zero-order valence-corrected chi connectivity index (χ0v) is 19.6. The normalized spacial score (nSPS) is 25.7. The number of piperidine rings is 1. The molecule has 1 aliphatic heterocycles. The van der Waals surface area contributed by atoms with E-state index in [0.717, 1.165) is 50.6 Å². The van der Waals surface area contributed by atoms with Gasteiger partial charge in [0.2, 0.25) is 0 Å². The van der Waals surface area contributed by atoms with Crippen molar-refractivity contribution >= 4 is 6.09 Å². The second kappa shape index (κ2) is 9.28. The lowest BCUT2D eigenvalue weighted by atomic mass is 9.52. The molecule has 2 aliphatic carbocycles. The van der Waals surface area contributed by atoms with Crippen LogP contribution in [0, 0.1) is 5.92 Å². The lowest BCUT2D eigenvalue weighted by Crippen LogP contribution is -2.62. The number of nitrogens with zero attached hydrogens (tertiary/aromatic N) is 1. The molecule has 0 spiro atoms. The zero-order valence-electron chi connectivity index (χ0n) is 19.6. The van der Waals surface area contributed by atoms with Crippen LogP contribution in [-0.4, -0.2) is 35.3 Å². The van der Waals surface area contributed by atoms with E-state index in [2.05, 4.69) is 13.0 Å². The minimum absolute atomic E-state index is 0.0727. The topological polar surface area (TPSA) is 59.0 Å². The number of hydrogen-bond acceptors (Lipinski definition) is 4. The molecule has 1 saturated carbocycles. The van der Waals surface area contributed by atoms with Crippen molar-refractivity contribution in [3.63, 3.8) is 0 Å². The van der Waals surface area contributed by atoms with E-state index in [-0.39, 0.29) is 23.3 Å². The Balaban J connectivity index is 1.41. The van der Waals surface area contributed by atoms with Gasteiger partial charge in [0.15, 0.2) is 11.5 Å². The molecule has 2 bridgehead atoms. The number of hydrogen-bond donors (Lipinski definition) is 1. The van der Waals surface area contributed by atoms with Gasteiger partial charge >= 0.3 is 6.09 Å². The third-order valence-corrected chi connectivity index (χ3v) is 8.11. The third kappa shape index (κ3) is 4.07. The number of unbranched alkanes of at least 4 members (excludes halogenated alkanes) is 1. The summed E-state index contributed by atoms with van der Waals surface area (Å²) in [6.07, 6.45) is 8.26. The molecule has 3 atom stereocenters. The number of likely N-dealkylation sites (tertiary alicyclic amines) is 1. The zero-order chi connectivity index (χ0) is 22.8. The molecular weight excluding hydrogens is 414 g/mol. The minimum Gasteiger partial charge on any atom is -0.504 e. The van der Waals surface area contributed by atoms with Crippen molar-refractivity contribution in [3.8, 4) is 11.5 Å². The lowest BCUT2D eigenvalue weighted by Gasteiger charge is -2.58. The van der Waals surface area contributed by atoms with Gasteiger partial charge in [-0.3, -0.25) is 0 Å². The lowest BCUT2D eigenvalue weighted by molar-refractivity contribution is -0.0138. The number of benzene rings is 2. The van der Waals surface area contributed by atoms with Crippen molar-refractivity contribution in [2.75, 3.05) is 13.2 Å². The van der Waals surface area contributed by atoms with Gasteiger partial charge in [-0.25, -0.2) is 4.79 Å². The second-order valence-electron chi connectivity index (χ2n) is 9.94. The molecule has 0 aromatic heterocycles. The van der Waals surface area contributed by atoms with Crippen molar-refractivity contribution in [1.29, 1.82) is 0 Å². The van der Waals surface area contributed by atoms with E-state index in [1.807, 2.05) is 41.3 Å². The number of ether oxygens (including phenoxy) is 2. The van der Waals surface area contributed by atoms with E-state index in [1.165, 1.54) is 24.0 Å². The largest absolute Gasteiger partial charge is 0.504 e. The fraction of sp³-hybridized carbons (Fsp3) is 0.536. The quantitative estimate of drug-likeness (QED) is 0.552. The fourth-order valence-electron chi connectivity index (χ4n) is 6.50. The monoisotopic (exact) mass is 449 g/mol. The van der Waals surface area contributed by atoms with Crippen LogP contribution in [0.2, 0.25) is 0 Å².